The predicted octanol–water partition coefficient (Wildman–Crippen LogP) is 7.45. The minimum absolute atomic E-state index is 0.347. The highest BCUT2D eigenvalue weighted by atomic mass is 35.5. The number of hydrogen-bond donors (Lipinski definition) is 1. The second-order valence-electron chi connectivity index (χ2n) is 6.48. The average molecular weight is 421 g/mol. The van der Waals surface area contributed by atoms with Gasteiger partial charge in [-0.25, -0.2) is 0 Å². The van der Waals surface area contributed by atoms with E-state index in [1.807, 2.05) is 36.4 Å². The maximum atomic E-state index is 6.40. The van der Waals surface area contributed by atoms with Crippen LogP contribution in [0.4, 0.5) is 5.69 Å². The maximum Gasteiger partial charge on any atom is 0.156 e. The molecule has 0 amide bonds. The van der Waals surface area contributed by atoms with Crippen molar-refractivity contribution in [1.29, 1.82) is 0 Å². The summed E-state index contributed by atoms with van der Waals surface area (Å²) in [4.78, 5) is 0. The summed E-state index contributed by atoms with van der Waals surface area (Å²) >= 11 is 18.8. The van der Waals surface area contributed by atoms with E-state index in [9.17, 15) is 0 Å². The molecule has 0 spiro atoms. The summed E-state index contributed by atoms with van der Waals surface area (Å²) in [5, 5.41) is 5.07. The maximum absolute atomic E-state index is 6.40. The Balaban J connectivity index is 1.68. The minimum Gasteiger partial charge on any atom is -0.486 e. The van der Waals surface area contributed by atoms with Gasteiger partial charge in [0.15, 0.2) is 5.75 Å². The number of anilines is 1. The Hall–Kier alpha value is -1.87. The number of halogens is 3. The molecule has 2 nitrogen and oxygen atoms in total. The fraction of sp³-hybridized carbons (Fsp3) is 0.182. The van der Waals surface area contributed by atoms with E-state index in [2.05, 4.69) is 37.4 Å². The van der Waals surface area contributed by atoms with Gasteiger partial charge in [-0.05, 0) is 60.9 Å². The zero-order valence-corrected chi connectivity index (χ0v) is 17.4. The van der Waals surface area contributed by atoms with Crippen LogP contribution in [0.1, 0.15) is 22.3 Å². The summed E-state index contributed by atoms with van der Waals surface area (Å²) in [6, 6.07) is 17.6. The smallest absolute Gasteiger partial charge is 0.156 e. The van der Waals surface area contributed by atoms with E-state index in [0.717, 1.165) is 16.8 Å². The molecule has 5 heteroatoms. The van der Waals surface area contributed by atoms with Gasteiger partial charge in [0.1, 0.15) is 6.61 Å². The first kappa shape index (κ1) is 19.9. The molecule has 0 saturated carbocycles. The third-order valence-electron chi connectivity index (χ3n) is 4.20. The van der Waals surface area contributed by atoms with Gasteiger partial charge in [0.2, 0.25) is 0 Å². The molecule has 0 fully saturated rings. The van der Waals surface area contributed by atoms with Crippen LogP contribution >= 0.6 is 34.8 Å². The Morgan fingerprint density at radius 2 is 1.59 bits per heavy atom. The van der Waals surface area contributed by atoms with Crippen LogP contribution in [-0.2, 0) is 13.2 Å². The Morgan fingerprint density at radius 3 is 2.26 bits per heavy atom. The van der Waals surface area contributed by atoms with Crippen LogP contribution in [0, 0.1) is 13.8 Å². The summed E-state index contributed by atoms with van der Waals surface area (Å²) in [7, 11) is 0. The fourth-order valence-electron chi connectivity index (χ4n) is 2.84. The standard InChI is InChI=1S/C22H20Cl3NO/c1-14-6-7-21(15(2)8-14)26-12-17-10-19(24)22(20(25)11-17)27-13-16-4-3-5-18(23)9-16/h3-11,26H,12-13H2,1-2H3. The number of ether oxygens (including phenoxy) is 1. The topological polar surface area (TPSA) is 21.3 Å². The molecule has 140 valence electrons. The fourth-order valence-corrected chi connectivity index (χ4v) is 3.70. The molecule has 0 aliphatic rings. The van der Waals surface area contributed by atoms with Gasteiger partial charge in [-0.1, -0.05) is 64.6 Å². The molecule has 0 radical (unpaired) electrons. The lowest BCUT2D eigenvalue weighted by Crippen LogP contribution is -2.02. The van der Waals surface area contributed by atoms with Gasteiger partial charge in [-0.3, -0.25) is 0 Å². The van der Waals surface area contributed by atoms with Gasteiger partial charge in [-0.15, -0.1) is 0 Å². The van der Waals surface area contributed by atoms with Crippen LogP contribution in [-0.4, -0.2) is 0 Å². The second kappa shape index (κ2) is 8.88. The molecule has 1 N–H and O–H groups in total. The molecule has 0 heterocycles. The lowest BCUT2D eigenvalue weighted by Gasteiger charge is -2.14. The minimum atomic E-state index is 0.347. The Bertz CT molecular complexity index is 933. The quantitative estimate of drug-likeness (QED) is 0.447. The van der Waals surface area contributed by atoms with E-state index in [0.29, 0.717) is 34.0 Å². The van der Waals surface area contributed by atoms with Crippen molar-refractivity contribution < 1.29 is 4.74 Å². The van der Waals surface area contributed by atoms with Crippen molar-refractivity contribution in [3.05, 3.63) is 91.9 Å². The third kappa shape index (κ3) is 5.32. The number of rotatable bonds is 6. The van der Waals surface area contributed by atoms with E-state index in [1.54, 1.807) is 0 Å². The first-order chi connectivity index (χ1) is 12.9. The first-order valence-corrected chi connectivity index (χ1v) is 9.72. The van der Waals surface area contributed by atoms with Gasteiger partial charge in [-0.2, -0.15) is 0 Å². The molecule has 3 rings (SSSR count). The van der Waals surface area contributed by atoms with Crippen LogP contribution in [0.3, 0.4) is 0 Å². The third-order valence-corrected chi connectivity index (χ3v) is 4.99. The zero-order chi connectivity index (χ0) is 19.4. The van der Waals surface area contributed by atoms with Crippen molar-refractivity contribution in [3.8, 4) is 5.75 Å². The number of nitrogens with one attached hydrogen (secondary N) is 1. The average Bonchev–Trinajstić information content (AvgIpc) is 2.60. The van der Waals surface area contributed by atoms with Crippen molar-refractivity contribution in [2.24, 2.45) is 0 Å². The van der Waals surface area contributed by atoms with Crippen LogP contribution in [0.2, 0.25) is 15.1 Å². The van der Waals surface area contributed by atoms with E-state index in [-0.39, 0.29) is 0 Å². The van der Waals surface area contributed by atoms with E-state index in [1.165, 1.54) is 11.1 Å². The summed E-state index contributed by atoms with van der Waals surface area (Å²) < 4.78 is 5.82. The molecule has 27 heavy (non-hydrogen) atoms. The highest BCUT2D eigenvalue weighted by molar-refractivity contribution is 6.37. The van der Waals surface area contributed by atoms with Crippen molar-refractivity contribution in [2.45, 2.75) is 27.0 Å². The molecule has 3 aromatic rings. The largest absolute Gasteiger partial charge is 0.486 e. The van der Waals surface area contributed by atoms with Crippen LogP contribution in [0.25, 0.3) is 0 Å². The van der Waals surface area contributed by atoms with Crippen molar-refractivity contribution in [1.82, 2.24) is 0 Å². The van der Waals surface area contributed by atoms with Crippen LogP contribution in [0.15, 0.2) is 54.6 Å². The molecule has 0 atom stereocenters. The Morgan fingerprint density at radius 1 is 0.852 bits per heavy atom. The molecule has 0 bridgehead atoms. The van der Waals surface area contributed by atoms with Gasteiger partial charge in [0.25, 0.3) is 0 Å². The number of benzene rings is 3. The van der Waals surface area contributed by atoms with Crippen LogP contribution in [0.5, 0.6) is 5.75 Å². The predicted molar refractivity (Wildman–Crippen MR) is 115 cm³/mol. The van der Waals surface area contributed by atoms with E-state index in [4.69, 9.17) is 39.5 Å². The first-order valence-electron chi connectivity index (χ1n) is 8.58. The summed E-state index contributed by atoms with van der Waals surface area (Å²) in [5.74, 6) is 0.480. The molecule has 0 saturated heterocycles. The number of aryl methyl sites for hydroxylation is 2. The van der Waals surface area contributed by atoms with Crippen LogP contribution < -0.4 is 10.1 Å². The van der Waals surface area contributed by atoms with Gasteiger partial charge in [0.05, 0.1) is 10.0 Å². The van der Waals surface area contributed by atoms with Crippen molar-refractivity contribution >= 4 is 40.5 Å². The Labute approximate surface area is 175 Å². The highest BCUT2D eigenvalue weighted by Crippen LogP contribution is 2.35. The van der Waals surface area contributed by atoms with Crippen molar-refractivity contribution in [2.75, 3.05) is 5.32 Å². The SMILES string of the molecule is Cc1ccc(NCc2cc(Cl)c(OCc3cccc(Cl)c3)c(Cl)c2)c(C)c1. The number of hydrogen-bond acceptors (Lipinski definition) is 2. The highest BCUT2D eigenvalue weighted by Gasteiger charge is 2.11. The zero-order valence-electron chi connectivity index (χ0n) is 15.2. The van der Waals surface area contributed by atoms with E-state index >= 15 is 0 Å². The molecule has 0 unspecified atom stereocenters. The van der Waals surface area contributed by atoms with E-state index < -0.39 is 0 Å². The van der Waals surface area contributed by atoms with Gasteiger partial charge in [0, 0.05) is 17.3 Å². The molecule has 0 aliphatic carbocycles. The molecular formula is C22H20Cl3NO. The van der Waals surface area contributed by atoms with Gasteiger partial charge >= 0.3 is 0 Å². The molecule has 0 aromatic heterocycles. The lowest BCUT2D eigenvalue weighted by molar-refractivity contribution is 0.306. The lowest BCUT2D eigenvalue weighted by atomic mass is 10.1. The summed E-state index contributed by atoms with van der Waals surface area (Å²) in [5.41, 5.74) is 5.48. The Kier molecular flexibility index (Phi) is 6.54. The summed E-state index contributed by atoms with van der Waals surface area (Å²) in [6.07, 6.45) is 0. The molecular weight excluding hydrogens is 401 g/mol. The molecule has 0 aliphatic heterocycles. The normalized spacial score (nSPS) is 10.7. The second-order valence-corrected chi connectivity index (χ2v) is 7.73. The molecule has 3 aromatic carbocycles. The van der Waals surface area contributed by atoms with Crippen molar-refractivity contribution in [3.63, 3.8) is 0 Å². The summed E-state index contributed by atoms with van der Waals surface area (Å²) in [6.45, 7) is 5.14. The van der Waals surface area contributed by atoms with Gasteiger partial charge < -0.3 is 10.1 Å². The monoisotopic (exact) mass is 419 g/mol.